The van der Waals surface area contributed by atoms with Crippen molar-refractivity contribution in [3.8, 4) is 0 Å². The van der Waals surface area contributed by atoms with Crippen molar-refractivity contribution >= 4 is 17.4 Å². The number of hydrogen-bond donors (Lipinski definition) is 1. The number of thiophene rings is 1. The van der Waals surface area contributed by atoms with Crippen molar-refractivity contribution in [1.82, 2.24) is 15.1 Å². The number of carbonyl (C=O) groups is 1. The zero-order valence-electron chi connectivity index (χ0n) is 16.1. The summed E-state index contributed by atoms with van der Waals surface area (Å²) >= 11 is 1.80. The van der Waals surface area contributed by atoms with Crippen molar-refractivity contribution in [1.29, 1.82) is 0 Å². The topological polar surface area (TPSA) is 35.6 Å². The largest absolute Gasteiger partial charge is 0.336 e. The Morgan fingerprint density at radius 2 is 1.93 bits per heavy atom. The maximum absolute atomic E-state index is 12.8. The quantitative estimate of drug-likeness (QED) is 0.855. The normalized spacial score (nSPS) is 19.5. The first kappa shape index (κ1) is 18.5. The molecule has 1 atom stereocenters. The number of piperidine rings is 1. The Morgan fingerprint density at radius 1 is 1.15 bits per heavy atom. The molecule has 2 amide bonds. The van der Waals surface area contributed by atoms with E-state index in [1.807, 2.05) is 4.90 Å². The molecule has 1 unspecified atom stereocenters. The summed E-state index contributed by atoms with van der Waals surface area (Å²) in [7, 11) is 0. The molecular formula is C22H29N3OS. The van der Waals surface area contributed by atoms with Gasteiger partial charge in [-0.05, 0) is 60.8 Å². The van der Waals surface area contributed by atoms with E-state index in [1.54, 1.807) is 11.3 Å². The van der Waals surface area contributed by atoms with Gasteiger partial charge in [0.05, 0.1) is 6.04 Å². The second kappa shape index (κ2) is 8.44. The molecule has 1 saturated heterocycles. The zero-order chi connectivity index (χ0) is 18.6. The number of rotatable bonds is 4. The molecule has 2 aliphatic rings. The highest BCUT2D eigenvalue weighted by molar-refractivity contribution is 7.10. The molecule has 2 aliphatic heterocycles. The molecule has 0 spiro atoms. The van der Waals surface area contributed by atoms with Crippen LogP contribution in [0.2, 0.25) is 0 Å². The Hall–Kier alpha value is -1.85. The van der Waals surface area contributed by atoms with E-state index in [0.29, 0.717) is 19.1 Å². The highest BCUT2D eigenvalue weighted by atomic mass is 32.1. The van der Waals surface area contributed by atoms with Gasteiger partial charge in [0.2, 0.25) is 0 Å². The fourth-order valence-electron chi connectivity index (χ4n) is 4.20. The summed E-state index contributed by atoms with van der Waals surface area (Å²) in [6, 6.07) is 13.1. The van der Waals surface area contributed by atoms with E-state index >= 15 is 0 Å². The molecule has 0 radical (unpaired) electrons. The van der Waals surface area contributed by atoms with Gasteiger partial charge in [-0.25, -0.2) is 4.79 Å². The number of likely N-dealkylation sites (tertiary alicyclic amines) is 1. The smallest absolute Gasteiger partial charge is 0.317 e. The number of amides is 2. The predicted molar refractivity (Wildman–Crippen MR) is 111 cm³/mol. The Kier molecular flexibility index (Phi) is 5.79. The molecule has 0 saturated carbocycles. The van der Waals surface area contributed by atoms with Crippen LogP contribution in [0.15, 0.2) is 41.8 Å². The van der Waals surface area contributed by atoms with Crippen LogP contribution in [0.3, 0.4) is 0 Å². The van der Waals surface area contributed by atoms with Crippen LogP contribution in [0.4, 0.5) is 4.79 Å². The van der Waals surface area contributed by atoms with Crippen molar-refractivity contribution in [2.75, 3.05) is 26.2 Å². The van der Waals surface area contributed by atoms with Crippen LogP contribution in [-0.2, 0) is 13.0 Å². The maximum Gasteiger partial charge on any atom is 0.317 e. The van der Waals surface area contributed by atoms with E-state index in [2.05, 4.69) is 58.9 Å². The highest BCUT2D eigenvalue weighted by Crippen LogP contribution is 2.29. The summed E-state index contributed by atoms with van der Waals surface area (Å²) < 4.78 is 0. The van der Waals surface area contributed by atoms with Crippen LogP contribution in [0, 0.1) is 5.92 Å². The molecule has 2 aromatic rings. The Labute approximate surface area is 166 Å². The SMILES string of the molecule is CC1CCN(C(CNC(=O)N2CCc3ccccc3C2)c2cccs2)CC1. The van der Waals surface area contributed by atoms with Crippen molar-refractivity contribution < 1.29 is 4.79 Å². The number of nitrogens with one attached hydrogen (secondary N) is 1. The lowest BCUT2D eigenvalue weighted by Gasteiger charge is -2.37. The maximum atomic E-state index is 12.8. The number of benzene rings is 1. The highest BCUT2D eigenvalue weighted by Gasteiger charge is 2.27. The molecule has 1 aromatic heterocycles. The Bertz CT molecular complexity index is 753. The average Bonchev–Trinajstić information content (AvgIpc) is 3.23. The predicted octanol–water partition coefficient (Wildman–Crippen LogP) is 4.29. The minimum absolute atomic E-state index is 0.0661. The summed E-state index contributed by atoms with van der Waals surface area (Å²) in [5.74, 6) is 0.813. The molecule has 0 aliphatic carbocycles. The van der Waals surface area contributed by atoms with E-state index < -0.39 is 0 Å². The lowest BCUT2D eigenvalue weighted by atomic mass is 9.97. The van der Waals surface area contributed by atoms with Crippen molar-refractivity contribution in [3.63, 3.8) is 0 Å². The first-order chi connectivity index (χ1) is 13.2. The van der Waals surface area contributed by atoms with Gasteiger partial charge in [0.15, 0.2) is 0 Å². The van der Waals surface area contributed by atoms with Crippen LogP contribution >= 0.6 is 11.3 Å². The minimum atomic E-state index is 0.0661. The second-order valence-electron chi connectivity index (χ2n) is 7.88. The van der Waals surface area contributed by atoms with Gasteiger partial charge in [-0.3, -0.25) is 4.90 Å². The molecule has 0 bridgehead atoms. The van der Waals surface area contributed by atoms with E-state index in [9.17, 15) is 4.79 Å². The number of urea groups is 1. The van der Waals surface area contributed by atoms with Crippen LogP contribution < -0.4 is 5.32 Å². The van der Waals surface area contributed by atoms with E-state index in [-0.39, 0.29) is 6.03 Å². The van der Waals surface area contributed by atoms with E-state index in [1.165, 1.54) is 28.8 Å². The van der Waals surface area contributed by atoms with Crippen LogP contribution in [-0.4, -0.2) is 42.0 Å². The standard InChI is InChI=1S/C22H29N3OS/c1-17-8-11-24(12-9-17)20(21-7-4-14-27-21)15-23-22(26)25-13-10-18-5-2-3-6-19(18)16-25/h2-7,14,17,20H,8-13,15-16H2,1H3,(H,23,26). The van der Waals surface area contributed by atoms with E-state index in [4.69, 9.17) is 0 Å². The molecule has 4 nitrogen and oxygen atoms in total. The van der Waals surface area contributed by atoms with Crippen molar-refractivity contribution in [2.24, 2.45) is 5.92 Å². The molecule has 1 fully saturated rings. The Morgan fingerprint density at radius 3 is 2.67 bits per heavy atom. The van der Waals surface area contributed by atoms with Gasteiger partial charge in [-0.2, -0.15) is 0 Å². The van der Waals surface area contributed by atoms with Gasteiger partial charge < -0.3 is 10.2 Å². The molecular weight excluding hydrogens is 354 g/mol. The summed E-state index contributed by atoms with van der Waals surface area (Å²) in [5.41, 5.74) is 2.65. The van der Waals surface area contributed by atoms with Gasteiger partial charge >= 0.3 is 6.03 Å². The van der Waals surface area contributed by atoms with Crippen LogP contribution in [0.5, 0.6) is 0 Å². The van der Waals surface area contributed by atoms with Crippen LogP contribution in [0.25, 0.3) is 0 Å². The Balaban J connectivity index is 1.38. The summed E-state index contributed by atoms with van der Waals surface area (Å²) in [4.78, 5) is 18.7. The fourth-order valence-corrected chi connectivity index (χ4v) is 5.06. The molecule has 27 heavy (non-hydrogen) atoms. The average molecular weight is 384 g/mol. The number of fused-ring (bicyclic) bond motifs is 1. The number of carbonyl (C=O) groups excluding carboxylic acids is 1. The summed E-state index contributed by atoms with van der Waals surface area (Å²) in [6.45, 7) is 6.79. The number of hydrogen-bond acceptors (Lipinski definition) is 3. The molecule has 4 rings (SSSR count). The molecule has 1 N–H and O–H groups in total. The van der Waals surface area contributed by atoms with Gasteiger partial charge in [0, 0.05) is 24.5 Å². The third-order valence-electron chi connectivity index (χ3n) is 6.00. The van der Waals surface area contributed by atoms with E-state index in [0.717, 1.165) is 32.0 Å². The molecule has 144 valence electrons. The lowest BCUT2D eigenvalue weighted by molar-refractivity contribution is 0.134. The zero-order valence-corrected chi connectivity index (χ0v) is 16.9. The van der Waals surface area contributed by atoms with Crippen molar-refractivity contribution in [2.45, 2.75) is 38.8 Å². The monoisotopic (exact) mass is 383 g/mol. The van der Waals surface area contributed by atoms with Gasteiger partial charge in [-0.1, -0.05) is 37.3 Å². The fraction of sp³-hybridized carbons (Fsp3) is 0.500. The first-order valence-corrected chi connectivity index (χ1v) is 11.0. The second-order valence-corrected chi connectivity index (χ2v) is 8.86. The van der Waals surface area contributed by atoms with Gasteiger partial charge in [0.25, 0.3) is 0 Å². The third-order valence-corrected chi connectivity index (χ3v) is 6.97. The third kappa shape index (κ3) is 4.36. The molecule has 3 heterocycles. The lowest BCUT2D eigenvalue weighted by Crippen LogP contribution is -2.47. The van der Waals surface area contributed by atoms with Gasteiger partial charge in [-0.15, -0.1) is 11.3 Å². The molecule has 5 heteroatoms. The molecule has 1 aromatic carbocycles. The van der Waals surface area contributed by atoms with Crippen LogP contribution in [0.1, 0.15) is 41.8 Å². The summed E-state index contributed by atoms with van der Waals surface area (Å²) in [5, 5.41) is 5.37. The first-order valence-electron chi connectivity index (χ1n) is 10.1. The van der Waals surface area contributed by atoms with Crippen molar-refractivity contribution in [3.05, 3.63) is 57.8 Å². The van der Waals surface area contributed by atoms with Gasteiger partial charge in [0.1, 0.15) is 0 Å². The minimum Gasteiger partial charge on any atom is -0.336 e. The number of nitrogens with zero attached hydrogens (tertiary/aromatic N) is 2. The summed E-state index contributed by atoms with van der Waals surface area (Å²) in [6.07, 6.45) is 3.44.